The molecule has 1 fully saturated rings. The highest BCUT2D eigenvalue weighted by Gasteiger charge is 2.33. The molecule has 22 heavy (non-hydrogen) atoms. The Morgan fingerprint density at radius 1 is 1.32 bits per heavy atom. The minimum Gasteiger partial charge on any atom is -0.326 e. The van der Waals surface area contributed by atoms with Gasteiger partial charge in [0.05, 0.1) is 5.92 Å². The van der Waals surface area contributed by atoms with Gasteiger partial charge in [-0.1, -0.05) is 15.9 Å². The van der Waals surface area contributed by atoms with Crippen molar-refractivity contribution in [1.82, 2.24) is 8.61 Å². The molecule has 1 amide bonds. The van der Waals surface area contributed by atoms with E-state index in [0.717, 1.165) is 4.47 Å². The van der Waals surface area contributed by atoms with Crippen molar-refractivity contribution in [3.63, 3.8) is 0 Å². The van der Waals surface area contributed by atoms with Gasteiger partial charge in [0, 0.05) is 37.3 Å². The van der Waals surface area contributed by atoms with Gasteiger partial charge in [0.15, 0.2) is 0 Å². The Kier molecular flexibility index (Phi) is 5.60. The summed E-state index contributed by atoms with van der Waals surface area (Å²) in [6.07, 6.45) is 1.38. The van der Waals surface area contributed by atoms with Gasteiger partial charge in [0.25, 0.3) is 10.2 Å². The number of nitrogens with one attached hydrogen (secondary N) is 1. The first-order valence-electron chi connectivity index (χ1n) is 7.05. The van der Waals surface area contributed by atoms with E-state index >= 15 is 0 Å². The van der Waals surface area contributed by atoms with Crippen LogP contribution in [0.4, 0.5) is 5.69 Å². The summed E-state index contributed by atoms with van der Waals surface area (Å²) < 4.78 is 27.8. The molecule has 0 aliphatic carbocycles. The molecule has 0 bridgehead atoms. The summed E-state index contributed by atoms with van der Waals surface area (Å²) in [5.74, 6) is -0.465. The number of rotatable bonds is 4. The normalized spacial score (nSPS) is 20.1. The number of benzene rings is 1. The zero-order valence-corrected chi connectivity index (χ0v) is 15.0. The maximum Gasteiger partial charge on any atom is 0.281 e. The Bertz CT molecular complexity index is 631. The molecule has 1 aromatic rings. The minimum absolute atomic E-state index is 0.138. The first-order valence-corrected chi connectivity index (χ1v) is 9.23. The zero-order valence-electron chi connectivity index (χ0n) is 12.6. The third kappa shape index (κ3) is 4.07. The molecular weight excluding hydrogens is 370 g/mol. The molecule has 1 saturated heterocycles. The minimum atomic E-state index is -3.46. The van der Waals surface area contributed by atoms with Crippen LogP contribution in [0.15, 0.2) is 28.7 Å². The van der Waals surface area contributed by atoms with E-state index in [1.54, 1.807) is 12.1 Å². The number of carbonyl (C=O) groups is 1. The SMILES string of the molecule is CN(C)S(=O)(=O)N1CCC[C@@H](C(=O)Nc2ccc(Br)cc2)C1. The topological polar surface area (TPSA) is 69.7 Å². The van der Waals surface area contributed by atoms with E-state index in [1.807, 2.05) is 12.1 Å². The first kappa shape index (κ1) is 17.4. The van der Waals surface area contributed by atoms with E-state index in [-0.39, 0.29) is 18.4 Å². The molecule has 6 nitrogen and oxygen atoms in total. The van der Waals surface area contributed by atoms with Gasteiger partial charge in [0.1, 0.15) is 0 Å². The zero-order chi connectivity index (χ0) is 16.3. The Morgan fingerprint density at radius 2 is 1.95 bits per heavy atom. The second-order valence-electron chi connectivity index (χ2n) is 5.48. The van der Waals surface area contributed by atoms with E-state index in [1.165, 1.54) is 22.7 Å². The average Bonchev–Trinajstić information content (AvgIpc) is 2.49. The first-order chi connectivity index (χ1) is 10.3. The van der Waals surface area contributed by atoms with E-state index in [2.05, 4.69) is 21.2 Å². The summed E-state index contributed by atoms with van der Waals surface area (Å²) in [5.41, 5.74) is 0.709. The summed E-state index contributed by atoms with van der Waals surface area (Å²) in [6, 6.07) is 7.30. The lowest BCUT2D eigenvalue weighted by Gasteiger charge is -2.32. The van der Waals surface area contributed by atoms with Gasteiger partial charge in [-0.05, 0) is 37.1 Å². The highest BCUT2D eigenvalue weighted by Crippen LogP contribution is 2.22. The molecule has 0 spiro atoms. The second-order valence-corrected chi connectivity index (χ2v) is 8.54. The van der Waals surface area contributed by atoms with Gasteiger partial charge >= 0.3 is 0 Å². The van der Waals surface area contributed by atoms with Gasteiger partial charge < -0.3 is 5.32 Å². The largest absolute Gasteiger partial charge is 0.326 e. The Morgan fingerprint density at radius 3 is 2.55 bits per heavy atom. The van der Waals surface area contributed by atoms with Crippen LogP contribution in [0, 0.1) is 5.92 Å². The van der Waals surface area contributed by atoms with Crippen LogP contribution in [0.2, 0.25) is 0 Å². The van der Waals surface area contributed by atoms with Crippen molar-refractivity contribution in [3.8, 4) is 0 Å². The van der Waals surface area contributed by atoms with Crippen LogP contribution >= 0.6 is 15.9 Å². The Hall–Kier alpha value is -0.960. The highest BCUT2D eigenvalue weighted by atomic mass is 79.9. The number of hydrogen-bond donors (Lipinski definition) is 1. The summed E-state index contributed by atoms with van der Waals surface area (Å²) in [4.78, 5) is 12.3. The van der Waals surface area contributed by atoms with Crippen LogP contribution in [-0.2, 0) is 15.0 Å². The number of hydrogen-bond acceptors (Lipinski definition) is 3. The van der Waals surface area contributed by atoms with E-state index in [9.17, 15) is 13.2 Å². The maximum atomic E-state index is 12.3. The molecule has 1 aromatic carbocycles. The van der Waals surface area contributed by atoms with Crippen molar-refractivity contribution < 1.29 is 13.2 Å². The third-order valence-electron chi connectivity index (χ3n) is 3.65. The van der Waals surface area contributed by atoms with Crippen LogP contribution < -0.4 is 5.32 Å². The van der Waals surface area contributed by atoms with E-state index < -0.39 is 10.2 Å². The summed E-state index contributed by atoms with van der Waals surface area (Å²) in [7, 11) is -0.463. The van der Waals surface area contributed by atoms with Crippen molar-refractivity contribution in [1.29, 1.82) is 0 Å². The fraction of sp³-hybridized carbons (Fsp3) is 0.500. The molecule has 1 aliphatic rings. The van der Waals surface area contributed by atoms with Crippen molar-refractivity contribution in [2.45, 2.75) is 12.8 Å². The Labute approximate surface area is 139 Å². The van der Waals surface area contributed by atoms with Gasteiger partial charge in [-0.25, -0.2) is 0 Å². The fourth-order valence-electron chi connectivity index (χ4n) is 2.37. The second kappa shape index (κ2) is 7.08. The van der Waals surface area contributed by atoms with Gasteiger partial charge in [-0.15, -0.1) is 0 Å². The standard InChI is InChI=1S/C14H20BrN3O3S/c1-17(2)22(20,21)18-9-3-4-11(10-18)14(19)16-13-7-5-12(15)6-8-13/h5-8,11H,3-4,9-10H2,1-2H3,(H,16,19)/t11-/m1/s1. The quantitative estimate of drug-likeness (QED) is 0.854. The lowest BCUT2D eigenvalue weighted by Crippen LogP contribution is -2.47. The van der Waals surface area contributed by atoms with Crippen LogP contribution in [0.5, 0.6) is 0 Å². The van der Waals surface area contributed by atoms with Crippen molar-refractivity contribution in [2.24, 2.45) is 5.92 Å². The lowest BCUT2D eigenvalue weighted by molar-refractivity contribution is -0.120. The molecule has 1 N–H and O–H groups in total. The van der Waals surface area contributed by atoms with Gasteiger partial charge in [-0.3, -0.25) is 4.79 Å². The highest BCUT2D eigenvalue weighted by molar-refractivity contribution is 9.10. The molecular formula is C14H20BrN3O3S. The van der Waals surface area contributed by atoms with Crippen LogP contribution in [-0.4, -0.2) is 50.1 Å². The molecule has 1 atom stereocenters. The molecule has 0 radical (unpaired) electrons. The number of anilines is 1. The summed E-state index contributed by atoms with van der Waals surface area (Å²) in [5, 5.41) is 2.85. The van der Waals surface area contributed by atoms with Crippen molar-refractivity contribution in [2.75, 3.05) is 32.5 Å². The molecule has 122 valence electrons. The number of piperidine rings is 1. The fourth-order valence-corrected chi connectivity index (χ4v) is 3.83. The van der Waals surface area contributed by atoms with Gasteiger partial charge in [0.2, 0.25) is 5.91 Å². The molecule has 0 saturated carbocycles. The van der Waals surface area contributed by atoms with Gasteiger partial charge in [-0.2, -0.15) is 17.0 Å². The summed E-state index contributed by atoms with van der Waals surface area (Å²) >= 11 is 3.34. The van der Waals surface area contributed by atoms with Crippen molar-refractivity contribution >= 4 is 37.7 Å². The van der Waals surface area contributed by atoms with Crippen LogP contribution in [0.3, 0.4) is 0 Å². The molecule has 8 heteroatoms. The average molecular weight is 390 g/mol. The lowest BCUT2D eigenvalue weighted by atomic mass is 9.99. The maximum absolute atomic E-state index is 12.3. The monoisotopic (exact) mass is 389 g/mol. The predicted molar refractivity (Wildman–Crippen MR) is 89.7 cm³/mol. The Balaban J connectivity index is 2.03. The molecule has 0 aromatic heterocycles. The summed E-state index contributed by atoms with van der Waals surface area (Å²) in [6.45, 7) is 0.686. The number of nitrogens with zero attached hydrogens (tertiary/aromatic N) is 2. The van der Waals surface area contributed by atoms with Crippen molar-refractivity contribution in [3.05, 3.63) is 28.7 Å². The number of carbonyl (C=O) groups excluding carboxylic acids is 1. The van der Waals surface area contributed by atoms with E-state index in [0.29, 0.717) is 25.1 Å². The van der Waals surface area contributed by atoms with Crippen LogP contribution in [0.1, 0.15) is 12.8 Å². The molecule has 1 aliphatic heterocycles. The molecule has 2 rings (SSSR count). The number of amides is 1. The predicted octanol–water partition coefficient (Wildman–Crippen LogP) is 1.91. The van der Waals surface area contributed by atoms with E-state index in [4.69, 9.17) is 0 Å². The van der Waals surface area contributed by atoms with Crippen LogP contribution in [0.25, 0.3) is 0 Å². The smallest absolute Gasteiger partial charge is 0.281 e. The molecule has 1 heterocycles. The number of halogens is 1. The molecule has 0 unspecified atom stereocenters. The third-order valence-corrected chi connectivity index (χ3v) is 6.09.